The molecule has 6 heteroatoms. The molecule has 1 aliphatic heterocycles. The van der Waals surface area contributed by atoms with E-state index in [1.165, 1.54) is 12.2 Å². The summed E-state index contributed by atoms with van der Waals surface area (Å²) in [5, 5.41) is 6.88. The maximum absolute atomic E-state index is 5.91. The first-order valence-corrected chi connectivity index (χ1v) is 7.49. The van der Waals surface area contributed by atoms with Crippen LogP contribution >= 0.6 is 34.7 Å². The lowest BCUT2D eigenvalue weighted by Crippen LogP contribution is -2.19. The lowest BCUT2D eigenvalue weighted by molar-refractivity contribution is 0.808. The molecular formula is C10H10ClN3S2. The summed E-state index contributed by atoms with van der Waals surface area (Å²) in [4.78, 5) is 9.43. The highest BCUT2D eigenvalue weighted by atomic mass is 35.5. The quantitative estimate of drug-likeness (QED) is 0.851. The second kappa shape index (κ2) is 4.39. The molecule has 1 saturated heterocycles. The van der Waals surface area contributed by atoms with Crippen molar-refractivity contribution in [3.05, 3.63) is 16.7 Å². The minimum Gasteiger partial charge on any atom is -0.366 e. The van der Waals surface area contributed by atoms with Gasteiger partial charge in [0.05, 0.1) is 5.39 Å². The Hall–Kier alpha value is -0.520. The molecule has 0 amide bonds. The molecule has 0 aromatic carbocycles. The predicted octanol–water partition coefficient (Wildman–Crippen LogP) is 3.26. The fourth-order valence-electron chi connectivity index (χ4n) is 1.78. The summed E-state index contributed by atoms with van der Waals surface area (Å²) in [6.07, 6.45) is 1.19. The number of rotatable bonds is 2. The molecule has 3 rings (SSSR count). The average Bonchev–Trinajstić information content (AvgIpc) is 2.87. The number of fused-ring (bicyclic) bond motifs is 1. The van der Waals surface area contributed by atoms with Crippen molar-refractivity contribution in [1.82, 2.24) is 9.97 Å². The number of nitrogens with zero attached hydrogens (tertiary/aromatic N) is 2. The highest BCUT2D eigenvalue weighted by Crippen LogP contribution is 2.28. The van der Waals surface area contributed by atoms with E-state index in [0.717, 1.165) is 21.8 Å². The van der Waals surface area contributed by atoms with Gasteiger partial charge < -0.3 is 5.32 Å². The Morgan fingerprint density at radius 1 is 1.44 bits per heavy atom. The van der Waals surface area contributed by atoms with Gasteiger partial charge in [-0.05, 0) is 35.2 Å². The van der Waals surface area contributed by atoms with Crippen molar-refractivity contribution >= 4 is 50.7 Å². The fourth-order valence-corrected chi connectivity index (χ4v) is 3.92. The molecule has 1 N–H and O–H groups in total. The number of halogens is 1. The minimum atomic E-state index is 0.322. The minimum absolute atomic E-state index is 0.322. The molecule has 1 aliphatic rings. The third-order valence-corrected chi connectivity index (χ3v) is 4.71. The maximum atomic E-state index is 5.91. The van der Waals surface area contributed by atoms with Crippen LogP contribution in [0, 0.1) is 0 Å². The van der Waals surface area contributed by atoms with Crippen molar-refractivity contribution in [1.29, 1.82) is 0 Å². The first-order chi connectivity index (χ1) is 7.83. The molecule has 1 fully saturated rings. The van der Waals surface area contributed by atoms with Crippen molar-refractivity contribution < 1.29 is 0 Å². The van der Waals surface area contributed by atoms with Crippen molar-refractivity contribution in [2.75, 3.05) is 16.8 Å². The third kappa shape index (κ3) is 1.99. The van der Waals surface area contributed by atoms with Crippen LogP contribution in [0.5, 0.6) is 0 Å². The number of hydrogen-bond donors (Lipinski definition) is 1. The van der Waals surface area contributed by atoms with Gasteiger partial charge in [-0.25, -0.2) is 9.97 Å². The fraction of sp³-hybridized carbons (Fsp3) is 0.400. The molecular weight excluding hydrogens is 262 g/mol. The summed E-state index contributed by atoms with van der Waals surface area (Å²) in [6.45, 7) is 0. The maximum Gasteiger partial charge on any atom is 0.225 e. The Morgan fingerprint density at radius 3 is 3.19 bits per heavy atom. The number of hydrogen-bond acceptors (Lipinski definition) is 5. The van der Waals surface area contributed by atoms with Gasteiger partial charge in [-0.15, -0.1) is 11.3 Å². The van der Waals surface area contributed by atoms with E-state index in [4.69, 9.17) is 11.6 Å². The molecule has 1 atom stereocenters. The first-order valence-electron chi connectivity index (χ1n) is 5.08. The van der Waals surface area contributed by atoms with Crippen LogP contribution < -0.4 is 5.32 Å². The van der Waals surface area contributed by atoms with Gasteiger partial charge >= 0.3 is 0 Å². The van der Waals surface area contributed by atoms with Gasteiger partial charge in [-0.2, -0.15) is 11.8 Å². The highest BCUT2D eigenvalue weighted by Gasteiger charge is 2.17. The molecule has 2 aromatic rings. The Balaban J connectivity index is 1.97. The van der Waals surface area contributed by atoms with Gasteiger partial charge in [0, 0.05) is 11.8 Å². The number of anilines is 1. The number of aromatic nitrogens is 2. The van der Waals surface area contributed by atoms with E-state index in [0.29, 0.717) is 11.3 Å². The Labute approximate surface area is 107 Å². The molecule has 16 heavy (non-hydrogen) atoms. The lowest BCUT2D eigenvalue weighted by Gasteiger charge is -2.12. The average molecular weight is 272 g/mol. The van der Waals surface area contributed by atoms with Crippen molar-refractivity contribution in [2.45, 2.75) is 12.5 Å². The monoisotopic (exact) mass is 271 g/mol. The number of thioether (sulfide) groups is 1. The van der Waals surface area contributed by atoms with Crippen LogP contribution in [0.4, 0.5) is 5.82 Å². The smallest absolute Gasteiger partial charge is 0.225 e. The van der Waals surface area contributed by atoms with E-state index in [1.807, 2.05) is 23.2 Å². The van der Waals surface area contributed by atoms with E-state index in [1.54, 1.807) is 11.3 Å². The summed E-state index contributed by atoms with van der Waals surface area (Å²) < 4.78 is 0. The molecule has 1 unspecified atom stereocenters. The molecule has 0 spiro atoms. The van der Waals surface area contributed by atoms with Gasteiger partial charge in [-0.3, -0.25) is 0 Å². The molecule has 0 bridgehead atoms. The van der Waals surface area contributed by atoms with Gasteiger partial charge in [0.2, 0.25) is 5.28 Å². The van der Waals surface area contributed by atoms with Crippen LogP contribution in [0.1, 0.15) is 6.42 Å². The first kappa shape index (κ1) is 10.6. The van der Waals surface area contributed by atoms with E-state index in [-0.39, 0.29) is 0 Å². The topological polar surface area (TPSA) is 37.8 Å². The van der Waals surface area contributed by atoms with Crippen LogP contribution in [0.2, 0.25) is 5.28 Å². The van der Waals surface area contributed by atoms with Gasteiger partial charge in [0.25, 0.3) is 0 Å². The van der Waals surface area contributed by atoms with E-state index in [2.05, 4.69) is 15.3 Å². The van der Waals surface area contributed by atoms with Crippen LogP contribution in [0.15, 0.2) is 11.4 Å². The van der Waals surface area contributed by atoms with E-state index in [9.17, 15) is 0 Å². The van der Waals surface area contributed by atoms with Gasteiger partial charge in [0.1, 0.15) is 10.6 Å². The van der Waals surface area contributed by atoms with E-state index >= 15 is 0 Å². The summed E-state index contributed by atoms with van der Waals surface area (Å²) in [5.41, 5.74) is 0. The largest absolute Gasteiger partial charge is 0.366 e. The summed E-state index contributed by atoms with van der Waals surface area (Å²) in [5.74, 6) is 3.25. The van der Waals surface area contributed by atoms with Gasteiger partial charge in [0.15, 0.2) is 0 Å². The number of thiophene rings is 1. The SMILES string of the molecule is Clc1nc(NC2CCSC2)c2ccsc2n1. The molecule has 2 aromatic heterocycles. The zero-order valence-electron chi connectivity index (χ0n) is 8.44. The zero-order chi connectivity index (χ0) is 11.0. The van der Waals surface area contributed by atoms with Gasteiger partial charge in [-0.1, -0.05) is 0 Å². The Bertz CT molecular complexity index is 508. The second-order valence-electron chi connectivity index (χ2n) is 3.69. The molecule has 0 saturated carbocycles. The summed E-state index contributed by atoms with van der Waals surface area (Å²) in [7, 11) is 0. The zero-order valence-corrected chi connectivity index (χ0v) is 10.8. The molecule has 3 heterocycles. The van der Waals surface area contributed by atoms with Crippen LogP contribution in [0.25, 0.3) is 10.2 Å². The number of nitrogens with one attached hydrogen (secondary N) is 1. The van der Waals surface area contributed by atoms with E-state index < -0.39 is 0 Å². The van der Waals surface area contributed by atoms with Crippen molar-refractivity contribution in [3.63, 3.8) is 0 Å². The van der Waals surface area contributed by atoms with Crippen LogP contribution in [0.3, 0.4) is 0 Å². The predicted molar refractivity (Wildman–Crippen MR) is 71.8 cm³/mol. The summed E-state index contributed by atoms with van der Waals surface area (Å²) in [6, 6.07) is 2.56. The Morgan fingerprint density at radius 2 is 2.38 bits per heavy atom. The van der Waals surface area contributed by atoms with Crippen molar-refractivity contribution in [3.8, 4) is 0 Å². The standard InChI is InChI=1S/C10H10ClN3S2/c11-10-13-8(12-6-1-3-15-5-6)7-2-4-16-9(7)14-10/h2,4,6H,1,3,5H2,(H,12,13,14). The highest BCUT2D eigenvalue weighted by molar-refractivity contribution is 7.99. The molecule has 0 radical (unpaired) electrons. The molecule has 3 nitrogen and oxygen atoms in total. The van der Waals surface area contributed by atoms with Crippen LogP contribution in [-0.2, 0) is 0 Å². The third-order valence-electron chi connectivity index (χ3n) is 2.57. The van der Waals surface area contributed by atoms with Crippen LogP contribution in [-0.4, -0.2) is 27.5 Å². The normalized spacial score (nSPS) is 20.4. The Kier molecular flexibility index (Phi) is 2.91. The molecule has 84 valence electrons. The summed E-state index contributed by atoms with van der Waals surface area (Å²) >= 11 is 9.48. The lowest BCUT2D eigenvalue weighted by atomic mass is 10.2. The molecule has 0 aliphatic carbocycles. The second-order valence-corrected chi connectivity index (χ2v) is 6.07. The van der Waals surface area contributed by atoms with Crippen molar-refractivity contribution in [2.24, 2.45) is 0 Å².